The SMILES string of the molecule is Fc1ccc2nc(C3CCN(Cc4ccccc4F)C3)[nH]c2c1. The van der Waals surface area contributed by atoms with Gasteiger partial charge >= 0.3 is 0 Å². The Labute approximate surface area is 133 Å². The van der Waals surface area contributed by atoms with Crippen molar-refractivity contribution in [3.8, 4) is 0 Å². The summed E-state index contributed by atoms with van der Waals surface area (Å²) in [5, 5.41) is 0. The average molecular weight is 313 g/mol. The van der Waals surface area contributed by atoms with Crippen LogP contribution in [0.15, 0.2) is 42.5 Å². The first-order chi connectivity index (χ1) is 11.2. The maximum absolute atomic E-state index is 13.8. The Hall–Kier alpha value is -2.27. The van der Waals surface area contributed by atoms with E-state index in [1.165, 1.54) is 18.2 Å². The van der Waals surface area contributed by atoms with E-state index in [0.29, 0.717) is 6.54 Å². The summed E-state index contributed by atoms with van der Waals surface area (Å²) < 4.78 is 27.0. The van der Waals surface area contributed by atoms with Crippen molar-refractivity contribution in [2.45, 2.75) is 18.9 Å². The van der Waals surface area contributed by atoms with E-state index in [-0.39, 0.29) is 17.6 Å². The molecule has 1 aromatic heterocycles. The van der Waals surface area contributed by atoms with E-state index < -0.39 is 0 Å². The van der Waals surface area contributed by atoms with Crippen LogP contribution in [0.3, 0.4) is 0 Å². The van der Waals surface area contributed by atoms with E-state index in [1.807, 2.05) is 12.1 Å². The van der Waals surface area contributed by atoms with Crippen molar-refractivity contribution in [3.63, 3.8) is 0 Å². The Morgan fingerprint density at radius 2 is 2.04 bits per heavy atom. The number of likely N-dealkylation sites (tertiary alicyclic amines) is 1. The van der Waals surface area contributed by atoms with Crippen LogP contribution in [-0.4, -0.2) is 28.0 Å². The van der Waals surface area contributed by atoms with Gasteiger partial charge in [-0.2, -0.15) is 0 Å². The fourth-order valence-electron chi connectivity index (χ4n) is 3.26. The number of hydrogen-bond acceptors (Lipinski definition) is 2. The first kappa shape index (κ1) is 14.3. The second kappa shape index (κ2) is 5.74. The zero-order valence-corrected chi connectivity index (χ0v) is 12.6. The molecule has 3 aromatic rings. The van der Waals surface area contributed by atoms with Crippen LogP contribution in [0.25, 0.3) is 11.0 Å². The van der Waals surface area contributed by atoms with E-state index in [0.717, 1.165) is 41.9 Å². The number of rotatable bonds is 3. The standard InChI is InChI=1S/C18H17F2N3/c19-14-5-6-16-17(9-14)22-18(21-16)13-7-8-23(11-13)10-12-3-1-2-4-15(12)20/h1-6,9,13H,7-8,10-11H2,(H,21,22). The second-order valence-electron chi connectivity index (χ2n) is 6.10. The highest BCUT2D eigenvalue weighted by Crippen LogP contribution is 2.28. The van der Waals surface area contributed by atoms with Crippen molar-refractivity contribution in [1.29, 1.82) is 0 Å². The van der Waals surface area contributed by atoms with Crippen LogP contribution in [-0.2, 0) is 6.54 Å². The first-order valence-corrected chi connectivity index (χ1v) is 7.80. The Morgan fingerprint density at radius 1 is 1.17 bits per heavy atom. The van der Waals surface area contributed by atoms with Gasteiger partial charge in [0.1, 0.15) is 17.5 Å². The molecule has 0 bridgehead atoms. The van der Waals surface area contributed by atoms with Crippen molar-refractivity contribution in [2.24, 2.45) is 0 Å². The smallest absolute Gasteiger partial charge is 0.127 e. The summed E-state index contributed by atoms with van der Waals surface area (Å²) in [6, 6.07) is 11.5. The normalized spacial score (nSPS) is 18.8. The van der Waals surface area contributed by atoms with Gasteiger partial charge < -0.3 is 4.98 Å². The molecule has 0 amide bonds. The molecule has 3 nitrogen and oxygen atoms in total. The Morgan fingerprint density at radius 3 is 2.91 bits per heavy atom. The number of nitrogens with zero attached hydrogens (tertiary/aromatic N) is 2. The number of nitrogens with one attached hydrogen (secondary N) is 1. The monoisotopic (exact) mass is 313 g/mol. The predicted octanol–water partition coefficient (Wildman–Crippen LogP) is 3.83. The van der Waals surface area contributed by atoms with E-state index in [4.69, 9.17) is 0 Å². The lowest BCUT2D eigenvalue weighted by Gasteiger charge is -2.15. The summed E-state index contributed by atoms with van der Waals surface area (Å²) in [4.78, 5) is 10.0. The molecule has 0 radical (unpaired) electrons. The van der Waals surface area contributed by atoms with Gasteiger partial charge in [0.15, 0.2) is 0 Å². The highest BCUT2D eigenvalue weighted by molar-refractivity contribution is 5.75. The Bertz CT molecular complexity index is 843. The molecule has 0 aliphatic carbocycles. The number of aromatic nitrogens is 2. The van der Waals surface area contributed by atoms with Gasteiger partial charge in [-0.15, -0.1) is 0 Å². The number of H-pyrrole nitrogens is 1. The summed E-state index contributed by atoms with van der Waals surface area (Å²) in [6.45, 7) is 2.35. The van der Waals surface area contributed by atoms with Gasteiger partial charge in [0.25, 0.3) is 0 Å². The van der Waals surface area contributed by atoms with Gasteiger partial charge in [-0.05, 0) is 37.2 Å². The van der Waals surface area contributed by atoms with E-state index in [2.05, 4.69) is 14.9 Å². The van der Waals surface area contributed by atoms with E-state index in [1.54, 1.807) is 12.1 Å². The minimum Gasteiger partial charge on any atom is -0.342 e. The third-order valence-electron chi connectivity index (χ3n) is 4.47. The molecule has 1 aliphatic rings. The van der Waals surface area contributed by atoms with E-state index >= 15 is 0 Å². The Balaban J connectivity index is 1.50. The third kappa shape index (κ3) is 2.84. The molecule has 2 heterocycles. The van der Waals surface area contributed by atoms with E-state index in [9.17, 15) is 8.78 Å². The number of aromatic amines is 1. The second-order valence-corrected chi connectivity index (χ2v) is 6.10. The minimum atomic E-state index is -0.264. The van der Waals surface area contributed by atoms with Gasteiger partial charge in [-0.25, -0.2) is 13.8 Å². The van der Waals surface area contributed by atoms with Gasteiger partial charge in [-0.1, -0.05) is 18.2 Å². The van der Waals surface area contributed by atoms with Crippen LogP contribution in [0, 0.1) is 11.6 Å². The van der Waals surface area contributed by atoms with Crippen molar-refractivity contribution < 1.29 is 8.78 Å². The summed E-state index contributed by atoms with van der Waals surface area (Å²) in [6.07, 6.45) is 0.969. The zero-order chi connectivity index (χ0) is 15.8. The molecule has 0 saturated carbocycles. The molecule has 5 heteroatoms. The van der Waals surface area contributed by atoms with Crippen LogP contribution in [0.2, 0.25) is 0 Å². The van der Waals surface area contributed by atoms with Crippen LogP contribution in [0.4, 0.5) is 8.78 Å². The number of halogens is 2. The lowest BCUT2D eigenvalue weighted by Crippen LogP contribution is -2.20. The molecule has 1 fully saturated rings. The molecule has 2 aromatic carbocycles. The summed E-state index contributed by atoms with van der Waals surface area (Å²) in [7, 11) is 0. The summed E-state index contributed by atoms with van der Waals surface area (Å²) in [5.74, 6) is 0.745. The van der Waals surface area contributed by atoms with Crippen molar-refractivity contribution in [2.75, 3.05) is 13.1 Å². The van der Waals surface area contributed by atoms with Gasteiger partial charge in [0, 0.05) is 24.6 Å². The van der Waals surface area contributed by atoms with Crippen LogP contribution in [0.1, 0.15) is 23.7 Å². The lowest BCUT2D eigenvalue weighted by molar-refractivity contribution is 0.320. The molecular formula is C18H17F2N3. The van der Waals surface area contributed by atoms with Crippen LogP contribution >= 0.6 is 0 Å². The van der Waals surface area contributed by atoms with Crippen molar-refractivity contribution in [1.82, 2.24) is 14.9 Å². The van der Waals surface area contributed by atoms with Crippen molar-refractivity contribution in [3.05, 3.63) is 65.5 Å². The average Bonchev–Trinajstić information content (AvgIpc) is 3.15. The molecule has 1 atom stereocenters. The van der Waals surface area contributed by atoms with Crippen molar-refractivity contribution >= 4 is 11.0 Å². The van der Waals surface area contributed by atoms with Crippen LogP contribution < -0.4 is 0 Å². The number of fused-ring (bicyclic) bond motifs is 1. The first-order valence-electron chi connectivity index (χ1n) is 7.80. The molecule has 0 spiro atoms. The molecule has 23 heavy (non-hydrogen) atoms. The minimum absolute atomic E-state index is 0.157. The summed E-state index contributed by atoms with van der Waals surface area (Å²) in [5.41, 5.74) is 2.24. The molecule has 1 N–H and O–H groups in total. The fourth-order valence-corrected chi connectivity index (χ4v) is 3.26. The van der Waals surface area contributed by atoms with Crippen LogP contribution in [0.5, 0.6) is 0 Å². The van der Waals surface area contributed by atoms with Gasteiger partial charge in [-0.3, -0.25) is 4.90 Å². The zero-order valence-electron chi connectivity index (χ0n) is 12.6. The largest absolute Gasteiger partial charge is 0.342 e. The molecular weight excluding hydrogens is 296 g/mol. The highest BCUT2D eigenvalue weighted by atomic mass is 19.1. The van der Waals surface area contributed by atoms with Gasteiger partial charge in [0.2, 0.25) is 0 Å². The number of benzene rings is 2. The third-order valence-corrected chi connectivity index (χ3v) is 4.47. The molecule has 118 valence electrons. The quantitative estimate of drug-likeness (QED) is 0.797. The molecule has 1 saturated heterocycles. The predicted molar refractivity (Wildman–Crippen MR) is 85.1 cm³/mol. The molecule has 1 unspecified atom stereocenters. The molecule has 1 aliphatic heterocycles. The topological polar surface area (TPSA) is 31.9 Å². The molecule has 4 rings (SSSR count). The summed E-state index contributed by atoms with van der Waals surface area (Å²) >= 11 is 0. The number of imidazole rings is 1. The highest BCUT2D eigenvalue weighted by Gasteiger charge is 2.26. The maximum atomic E-state index is 13.8. The fraction of sp³-hybridized carbons (Fsp3) is 0.278. The maximum Gasteiger partial charge on any atom is 0.127 e. The van der Waals surface area contributed by atoms with Gasteiger partial charge in [0.05, 0.1) is 11.0 Å². The number of hydrogen-bond donors (Lipinski definition) is 1. The lowest BCUT2D eigenvalue weighted by atomic mass is 10.1. The Kier molecular flexibility index (Phi) is 3.58.